The van der Waals surface area contributed by atoms with Crippen molar-refractivity contribution in [3.05, 3.63) is 66.0 Å². The van der Waals surface area contributed by atoms with Gasteiger partial charge in [-0.2, -0.15) is 4.40 Å². The number of halogens is 1. The molecule has 0 aliphatic heterocycles. The van der Waals surface area contributed by atoms with Crippen molar-refractivity contribution in [2.24, 2.45) is 0 Å². The number of carbonyl (C=O) groups excluding carboxylic acids is 1. The Morgan fingerprint density at radius 1 is 1.14 bits per heavy atom. The maximum atomic E-state index is 12.6. The number of rotatable bonds is 4. The van der Waals surface area contributed by atoms with Gasteiger partial charge in [0.25, 0.3) is 5.65 Å². The van der Waals surface area contributed by atoms with Gasteiger partial charge in [0, 0.05) is 6.07 Å². The molecule has 0 spiro atoms. The number of fused-ring (bicyclic) bond motifs is 1. The number of hydrogen-bond acceptors (Lipinski definition) is 2. The summed E-state index contributed by atoms with van der Waals surface area (Å²) in [6.45, 7) is 0.419. The Labute approximate surface area is 126 Å². The Hall–Kier alpha value is -2.33. The number of ketones is 1. The van der Waals surface area contributed by atoms with Crippen LogP contribution in [0.1, 0.15) is 16.1 Å². The van der Waals surface area contributed by atoms with Gasteiger partial charge in [-0.3, -0.25) is 4.79 Å². The van der Waals surface area contributed by atoms with E-state index in [2.05, 4.69) is 0 Å². The number of imidazole rings is 1. The fourth-order valence-electron chi connectivity index (χ4n) is 2.41. The first kappa shape index (κ1) is 13.6. The molecule has 3 rings (SSSR count). The topological polar surface area (TPSA) is 48.4 Å². The molecule has 0 N–H and O–H groups in total. The first-order valence-electron chi connectivity index (χ1n) is 6.55. The highest BCUT2D eigenvalue weighted by Gasteiger charge is 2.24. The lowest BCUT2D eigenvalue weighted by Crippen LogP contribution is -2.37. The minimum absolute atomic E-state index is 0.108. The summed E-state index contributed by atoms with van der Waals surface area (Å²) in [6, 6.07) is 15.1. The summed E-state index contributed by atoms with van der Waals surface area (Å²) in [7, 11) is 0. The number of carbonyl (C=O) groups is 1. The Morgan fingerprint density at radius 2 is 1.86 bits per heavy atom. The van der Waals surface area contributed by atoms with Crippen molar-refractivity contribution in [2.75, 3.05) is 5.88 Å². The van der Waals surface area contributed by atoms with Gasteiger partial charge in [0.2, 0.25) is 11.5 Å². The van der Waals surface area contributed by atoms with Crippen LogP contribution in [0.4, 0.5) is 0 Å². The van der Waals surface area contributed by atoms with Gasteiger partial charge in [-0.25, -0.2) is 4.57 Å². The number of Topliss-reactive ketones (excluding diaryl/α,β-unsaturated/α-hetero) is 1. The van der Waals surface area contributed by atoms with E-state index in [9.17, 15) is 9.90 Å². The summed E-state index contributed by atoms with van der Waals surface area (Å²) in [6.07, 6.45) is 1.71. The highest BCUT2D eigenvalue weighted by Crippen LogP contribution is 2.16. The Kier molecular flexibility index (Phi) is 3.62. The van der Waals surface area contributed by atoms with Gasteiger partial charge in [0.05, 0.1) is 12.1 Å². The number of benzene rings is 1. The van der Waals surface area contributed by atoms with Crippen molar-refractivity contribution in [1.29, 1.82) is 0 Å². The third-order valence-corrected chi connectivity index (χ3v) is 3.62. The van der Waals surface area contributed by atoms with Crippen LogP contribution in [-0.4, -0.2) is 16.1 Å². The first-order chi connectivity index (χ1) is 10.2. The van der Waals surface area contributed by atoms with E-state index in [4.69, 9.17) is 11.6 Å². The van der Waals surface area contributed by atoms with E-state index in [0.29, 0.717) is 12.2 Å². The standard InChI is InChI=1S/C16H13ClN2O2/c17-10-13(20)15-16(21)19(11-12-6-2-1-3-7-12)14-8-4-5-9-18(14)15/h1-9H,10-11H2. The van der Waals surface area contributed by atoms with Crippen LogP contribution in [0.25, 0.3) is 5.65 Å². The second-order valence-electron chi connectivity index (χ2n) is 4.71. The normalized spacial score (nSPS) is 10.9. The Balaban J connectivity index is 2.18. The van der Waals surface area contributed by atoms with E-state index in [-0.39, 0.29) is 23.2 Å². The molecule has 0 saturated heterocycles. The molecular formula is C16H13ClN2O2. The summed E-state index contributed by atoms with van der Waals surface area (Å²) in [5, 5.41) is 12.6. The lowest BCUT2D eigenvalue weighted by molar-refractivity contribution is -0.704. The zero-order chi connectivity index (χ0) is 14.8. The molecule has 106 valence electrons. The molecule has 0 aliphatic carbocycles. The quantitative estimate of drug-likeness (QED) is 0.419. The minimum atomic E-state index is -0.366. The average Bonchev–Trinajstić information content (AvgIpc) is 2.80. The van der Waals surface area contributed by atoms with Crippen molar-refractivity contribution < 1.29 is 14.5 Å². The van der Waals surface area contributed by atoms with E-state index < -0.39 is 0 Å². The largest absolute Gasteiger partial charge is 0.839 e. The molecule has 1 aromatic carbocycles. The zero-order valence-corrected chi connectivity index (χ0v) is 12.0. The molecule has 2 aromatic heterocycles. The third-order valence-electron chi connectivity index (χ3n) is 3.37. The number of alkyl halides is 1. The predicted octanol–water partition coefficient (Wildman–Crippen LogP) is 1.77. The van der Waals surface area contributed by atoms with Crippen LogP contribution in [0.15, 0.2) is 54.7 Å². The lowest BCUT2D eigenvalue weighted by Gasteiger charge is -2.06. The van der Waals surface area contributed by atoms with Crippen LogP contribution in [0.3, 0.4) is 0 Å². The molecule has 0 radical (unpaired) electrons. The zero-order valence-electron chi connectivity index (χ0n) is 11.2. The number of nitrogens with zero attached hydrogens (tertiary/aromatic N) is 2. The fraction of sp³-hybridized carbons (Fsp3) is 0.125. The van der Waals surface area contributed by atoms with Crippen molar-refractivity contribution in [1.82, 2.24) is 4.40 Å². The Bertz CT molecular complexity index is 797. The minimum Gasteiger partial charge on any atom is -0.839 e. The molecule has 0 bridgehead atoms. The molecule has 5 heteroatoms. The molecule has 3 aromatic rings. The van der Waals surface area contributed by atoms with Crippen LogP contribution in [-0.2, 0) is 6.54 Å². The second kappa shape index (κ2) is 5.58. The second-order valence-corrected chi connectivity index (χ2v) is 4.98. The van der Waals surface area contributed by atoms with E-state index >= 15 is 0 Å². The van der Waals surface area contributed by atoms with Crippen molar-refractivity contribution in [2.45, 2.75) is 6.54 Å². The van der Waals surface area contributed by atoms with Crippen LogP contribution in [0, 0.1) is 0 Å². The number of hydrogen-bond donors (Lipinski definition) is 0. The summed E-state index contributed by atoms with van der Waals surface area (Å²) < 4.78 is 3.20. The van der Waals surface area contributed by atoms with Crippen molar-refractivity contribution in [3.63, 3.8) is 0 Å². The summed E-state index contributed by atoms with van der Waals surface area (Å²) in [5.41, 5.74) is 1.79. The number of aromatic nitrogens is 2. The summed E-state index contributed by atoms with van der Waals surface area (Å²) >= 11 is 5.62. The van der Waals surface area contributed by atoms with E-state index in [1.165, 1.54) is 0 Å². The van der Waals surface area contributed by atoms with Gasteiger partial charge >= 0.3 is 0 Å². The maximum absolute atomic E-state index is 12.6. The van der Waals surface area contributed by atoms with Crippen LogP contribution in [0.5, 0.6) is 5.88 Å². The fourth-order valence-corrected chi connectivity index (χ4v) is 2.54. The van der Waals surface area contributed by atoms with Gasteiger partial charge in [-0.1, -0.05) is 36.4 Å². The molecule has 0 atom stereocenters. The van der Waals surface area contributed by atoms with Gasteiger partial charge in [0.15, 0.2) is 0 Å². The number of pyridine rings is 1. The lowest BCUT2D eigenvalue weighted by atomic mass is 10.2. The van der Waals surface area contributed by atoms with Gasteiger partial charge in [-0.05, 0) is 11.6 Å². The molecule has 0 unspecified atom stereocenters. The van der Waals surface area contributed by atoms with Gasteiger partial charge in [0.1, 0.15) is 12.4 Å². The van der Waals surface area contributed by atoms with Gasteiger partial charge in [-0.15, -0.1) is 11.6 Å². The molecule has 0 saturated carbocycles. The molecule has 0 aliphatic rings. The van der Waals surface area contributed by atoms with Crippen LogP contribution in [0.2, 0.25) is 0 Å². The van der Waals surface area contributed by atoms with Gasteiger partial charge < -0.3 is 5.11 Å². The summed E-state index contributed by atoms with van der Waals surface area (Å²) in [4.78, 5) is 11.9. The smallest absolute Gasteiger partial charge is 0.286 e. The van der Waals surface area contributed by atoms with Crippen LogP contribution >= 0.6 is 11.6 Å². The highest BCUT2D eigenvalue weighted by atomic mass is 35.5. The monoisotopic (exact) mass is 300 g/mol. The van der Waals surface area contributed by atoms with E-state index in [1.54, 1.807) is 21.2 Å². The Morgan fingerprint density at radius 3 is 2.57 bits per heavy atom. The maximum Gasteiger partial charge on any atom is 0.286 e. The van der Waals surface area contributed by atoms with Crippen molar-refractivity contribution in [3.8, 4) is 5.88 Å². The van der Waals surface area contributed by atoms with Crippen molar-refractivity contribution >= 4 is 23.0 Å². The molecule has 2 heterocycles. The third kappa shape index (κ3) is 2.38. The predicted molar refractivity (Wildman–Crippen MR) is 77.6 cm³/mol. The SMILES string of the molecule is O=C(CCl)c1c([O-])[n+](Cc2ccccc2)c2ccccn12. The van der Waals surface area contributed by atoms with Crippen LogP contribution < -0.4 is 9.67 Å². The average molecular weight is 301 g/mol. The molecule has 4 nitrogen and oxygen atoms in total. The van der Waals surface area contributed by atoms with E-state index in [1.807, 2.05) is 42.5 Å². The first-order valence-corrected chi connectivity index (χ1v) is 7.09. The van der Waals surface area contributed by atoms with E-state index in [0.717, 1.165) is 5.56 Å². The molecular weight excluding hydrogens is 288 g/mol. The molecule has 0 fully saturated rings. The molecule has 0 amide bonds. The highest BCUT2D eigenvalue weighted by molar-refractivity contribution is 6.30. The molecule has 21 heavy (non-hydrogen) atoms. The summed E-state index contributed by atoms with van der Waals surface area (Å²) in [5.74, 6) is -0.882.